The Morgan fingerprint density at radius 1 is 1.03 bits per heavy atom. The zero-order valence-electron chi connectivity index (χ0n) is 17.4. The average molecular weight is 439 g/mol. The summed E-state index contributed by atoms with van der Waals surface area (Å²) in [6, 6.07) is 12.0. The number of nitrogens with zero attached hydrogens (tertiary/aromatic N) is 3. The van der Waals surface area contributed by atoms with Crippen LogP contribution in [-0.4, -0.2) is 26.3 Å². The Bertz CT molecular complexity index is 1280. The number of carbonyl (C=O) groups excluding carboxylic acids is 1. The molecule has 0 atom stereocenters. The Kier molecular flexibility index (Phi) is 5.71. The predicted molar refractivity (Wildman–Crippen MR) is 125 cm³/mol. The number of benzene rings is 2. The van der Waals surface area contributed by atoms with Crippen molar-refractivity contribution in [2.75, 3.05) is 11.1 Å². The fourth-order valence-electron chi connectivity index (χ4n) is 3.64. The van der Waals surface area contributed by atoms with Crippen molar-refractivity contribution in [3.8, 4) is 0 Å². The molecular formula is C23H23ClN4OS. The molecule has 2 aromatic heterocycles. The minimum atomic E-state index is -0.0521. The maximum atomic E-state index is 12.3. The van der Waals surface area contributed by atoms with Crippen LogP contribution in [0.3, 0.4) is 0 Å². The summed E-state index contributed by atoms with van der Waals surface area (Å²) in [6.45, 7) is 8.26. The number of amides is 1. The molecule has 1 N–H and O–H groups in total. The second-order valence-corrected chi connectivity index (χ2v) is 9.06. The molecule has 7 heteroatoms. The molecule has 1 amide bonds. The first-order valence-corrected chi connectivity index (χ1v) is 11.1. The molecule has 0 aliphatic carbocycles. The van der Waals surface area contributed by atoms with E-state index in [2.05, 4.69) is 58.9 Å². The lowest BCUT2D eigenvalue weighted by atomic mass is 10.0. The fourth-order valence-corrected chi connectivity index (χ4v) is 4.70. The first kappa shape index (κ1) is 20.7. The maximum Gasteiger partial charge on any atom is 0.225 e. The summed E-state index contributed by atoms with van der Waals surface area (Å²) in [6.07, 6.45) is 0.368. The summed E-state index contributed by atoms with van der Waals surface area (Å²) < 4.78 is 2.10. The third kappa shape index (κ3) is 4.02. The SMILES string of the molecule is Cc1cc(C)c2c(c1)c(C)cc1nnc(SCCC(=O)Nc3ccc(C)c(Cl)c3)n12. The van der Waals surface area contributed by atoms with E-state index in [1.807, 2.05) is 19.1 Å². The Labute approximate surface area is 184 Å². The average Bonchev–Trinajstić information content (AvgIpc) is 3.07. The normalized spacial score (nSPS) is 11.4. The first-order valence-electron chi connectivity index (χ1n) is 9.78. The molecule has 0 bridgehead atoms. The van der Waals surface area contributed by atoms with Gasteiger partial charge in [-0.05, 0) is 68.7 Å². The van der Waals surface area contributed by atoms with Gasteiger partial charge in [0.1, 0.15) is 0 Å². The molecule has 0 aliphatic rings. The Hall–Kier alpha value is -2.57. The van der Waals surface area contributed by atoms with Gasteiger partial charge in [0.05, 0.1) is 5.52 Å². The van der Waals surface area contributed by atoms with Crippen LogP contribution >= 0.6 is 23.4 Å². The van der Waals surface area contributed by atoms with Crippen LogP contribution in [-0.2, 0) is 4.79 Å². The largest absolute Gasteiger partial charge is 0.326 e. The van der Waals surface area contributed by atoms with Gasteiger partial charge in [0.25, 0.3) is 0 Å². The lowest BCUT2D eigenvalue weighted by molar-refractivity contribution is -0.115. The van der Waals surface area contributed by atoms with Crippen LogP contribution in [0.25, 0.3) is 16.6 Å². The molecular weight excluding hydrogens is 416 g/mol. The number of nitrogens with one attached hydrogen (secondary N) is 1. The van der Waals surface area contributed by atoms with Crippen molar-refractivity contribution in [2.45, 2.75) is 39.3 Å². The van der Waals surface area contributed by atoms with Crippen molar-refractivity contribution in [3.05, 3.63) is 63.7 Å². The molecule has 4 aromatic rings. The topological polar surface area (TPSA) is 59.3 Å². The minimum absolute atomic E-state index is 0.0521. The molecule has 0 unspecified atom stereocenters. The third-order valence-corrected chi connectivity index (χ3v) is 6.45. The number of anilines is 1. The summed E-state index contributed by atoms with van der Waals surface area (Å²) in [5.41, 5.74) is 7.25. The lowest BCUT2D eigenvalue weighted by Crippen LogP contribution is -2.12. The van der Waals surface area contributed by atoms with E-state index in [9.17, 15) is 4.79 Å². The third-order valence-electron chi connectivity index (χ3n) is 5.11. The summed E-state index contributed by atoms with van der Waals surface area (Å²) in [4.78, 5) is 12.3. The summed E-state index contributed by atoms with van der Waals surface area (Å²) in [7, 11) is 0. The number of halogens is 1. The van der Waals surface area contributed by atoms with Crippen LogP contribution in [0.15, 0.2) is 41.6 Å². The van der Waals surface area contributed by atoms with E-state index < -0.39 is 0 Å². The molecule has 30 heavy (non-hydrogen) atoms. The van der Waals surface area contributed by atoms with Crippen LogP contribution in [0.4, 0.5) is 5.69 Å². The molecule has 154 valence electrons. The molecule has 4 rings (SSSR count). The number of fused-ring (bicyclic) bond motifs is 3. The van der Waals surface area contributed by atoms with E-state index in [0.717, 1.165) is 21.9 Å². The molecule has 0 radical (unpaired) electrons. The summed E-state index contributed by atoms with van der Waals surface area (Å²) >= 11 is 7.67. The number of aryl methyl sites for hydroxylation is 4. The molecule has 0 saturated heterocycles. The van der Waals surface area contributed by atoms with Crippen LogP contribution in [0.1, 0.15) is 28.7 Å². The highest BCUT2D eigenvalue weighted by molar-refractivity contribution is 7.99. The second kappa shape index (κ2) is 8.28. The van der Waals surface area contributed by atoms with Gasteiger partial charge < -0.3 is 5.32 Å². The van der Waals surface area contributed by atoms with E-state index >= 15 is 0 Å². The standard InChI is InChI=1S/C23H23ClN4OS/c1-13-9-16(4)22-18(10-13)15(3)11-20-26-27-23(28(20)22)30-8-7-21(29)25-17-6-5-14(2)19(24)12-17/h5-6,9-12H,7-8H2,1-4H3,(H,25,29). The Balaban J connectivity index is 1.52. The number of rotatable bonds is 5. The van der Waals surface area contributed by atoms with E-state index in [1.165, 1.54) is 33.8 Å². The molecule has 0 fully saturated rings. The van der Waals surface area contributed by atoms with Crippen LogP contribution in [0.5, 0.6) is 0 Å². The van der Waals surface area contributed by atoms with Crippen molar-refractivity contribution in [1.29, 1.82) is 0 Å². The van der Waals surface area contributed by atoms with Crippen molar-refractivity contribution >= 4 is 51.5 Å². The van der Waals surface area contributed by atoms with Gasteiger partial charge in [0.15, 0.2) is 10.8 Å². The number of carbonyl (C=O) groups is 1. The lowest BCUT2D eigenvalue weighted by Gasteiger charge is -2.11. The maximum absolute atomic E-state index is 12.3. The van der Waals surface area contributed by atoms with Gasteiger partial charge in [-0.1, -0.05) is 41.1 Å². The summed E-state index contributed by atoms with van der Waals surface area (Å²) in [5.74, 6) is 0.552. The van der Waals surface area contributed by atoms with Crippen molar-refractivity contribution in [3.63, 3.8) is 0 Å². The van der Waals surface area contributed by atoms with Crippen molar-refractivity contribution in [1.82, 2.24) is 14.6 Å². The van der Waals surface area contributed by atoms with Crippen molar-refractivity contribution < 1.29 is 4.79 Å². The molecule has 5 nitrogen and oxygen atoms in total. The zero-order valence-corrected chi connectivity index (χ0v) is 19.0. The predicted octanol–water partition coefficient (Wildman–Crippen LogP) is 5.89. The van der Waals surface area contributed by atoms with Gasteiger partial charge in [-0.25, -0.2) is 0 Å². The number of hydrogen-bond donors (Lipinski definition) is 1. The van der Waals surface area contributed by atoms with Gasteiger partial charge in [0, 0.05) is 28.3 Å². The Morgan fingerprint density at radius 2 is 1.83 bits per heavy atom. The highest BCUT2D eigenvalue weighted by Gasteiger charge is 2.14. The van der Waals surface area contributed by atoms with Gasteiger partial charge in [0.2, 0.25) is 5.91 Å². The smallest absolute Gasteiger partial charge is 0.225 e. The van der Waals surface area contributed by atoms with Gasteiger partial charge in [-0.15, -0.1) is 10.2 Å². The fraction of sp³-hybridized carbons (Fsp3) is 0.261. The highest BCUT2D eigenvalue weighted by atomic mass is 35.5. The monoisotopic (exact) mass is 438 g/mol. The zero-order chi connectivity index (χ0) is 21.4. The molecule has 0 spiro atoms. The quantitative estimate of drug-likeness (QED) is 0.394. The van der Waals surface area contributed by atoms with Gasteiger partial charge in [-0.3, -0.25) is 9.20 Å². The molecule has 0 aliphatic heterocycles. The molecule has 2 heterocycles. The highest BCUT2D eigenvalue weighted by Crippen LogP contribution is 2.29. The number of pyridine rings is 1. The number of hydrogen-bond acceptors (Lipinski definition) is 4. The minimum Gasteiger partial charge on any atom is -0.326 e. The second-order valence-electron chi connectivity index (χ2n) is 7.59. The van der Waals surface area contributed by atoms with E-state index in [0.29, 0.717) is 22.9 Å². The van der Waals surface area contributed by atoms with Gasteiger partial charge in [-0.2, -0.15) is 0 Å². The summed E-state index contributed by atoms with van der Waals surface area (Å²) in [5, 5.41) is 14.3. The van der Waals surface area contributed by atoms with Crippen LogP contribution in [0, 0.1) is 27.7 Å². The van der Waals surface area contributed by atoms with E-state index in [1.54, 1.807) is 6.07 Å². The number of thioether (sulfide) groups is 1. The Morgan fingerprint density at radius 3 is 2.60 bits per heavy atom. The van der Waals surface area contributed by atoms with Crippen molar-refractivity contribution in [2.24, 2.45) is 0 Å². The van der Waals surface area contributed by atoms with Crippen LogP contribution < -0.4 is 5.32 Å². The van der Waals surface area contributed by atoms with Gasteiger partial charge >= 0.3 is 0 Å². The number of aromatic nitrogens is 3. The first-order chi connectivity index (χ1) is 14.3. The molecule has 2 aromatic carbocycles. The van der Waals surface area contributed by atoms with E-state index in [4.69, 9.17) is 11.6 Å². The molecule has 0 saturated carbocycles. The van der Waals surface area contributed by atoms with Crippen LogP contribution in [0.2, 0.25) is 5.02 Å². The van der Waals surface area contributed by atoms with E-state index in [-0.39, 0.29) is 5.91 Å².